The monoisotopic (exact) mass is 324 g/mol. The van der Waals surface area contributed by atoms with Gasteiger partial charge in [-0.1, -0.05) is 34.1 Å². The Morgan fingerprint density at radius 1 is 1.39 bits per heavy atom. The van der Waals surface area contributed by atoms with E-state index in [4.69, 9.17) is 4.74 Å². The molecule has 0 radical (unpaired) electrons. The smallest absolute Gasteiger partial charge is 0.245 e. The van der Waals surface area contributed by atoms with Gasteiger partial charge in [0.25, 0.3) is 0 Å². The molecule has 1 aliphatic carbocycles. The van der Waals surface area contributed by atoms with Gasteiger partial charge in [-0.2, -0.15) is 0 Å². The van der Waals surface area contributed by atoms with Crippen LogP contribution in [0.1, 0.15) is 66.2 Å². The largest absolute Gasteiger partial charge is 0.354 e. The first-order valence-corrected chi connectivity index (χ1v) is 9.13. The summed E-state index contributed by atoms with van der Waals surface area (Å²) in [5.41, 5.74) is -0.558. The summed E-state index contributed by atoms with van der Waals surface area (Å²) in [6.07, 6.45) is 5.27. The fraction of sp³-hybridized carbons (Fsp3) is 0.889. The first kappa shape index (κ1) is 18.2. The van der Waals surface area contributed by atoms with Crippen LogP contribution >= 0.6 is 0 Å². The van der Waals surface area contributed by atoms with Crippen molar-refractivity contribution in [1.82, 2.24) is 10.2 Å². The molecule has 0 aromatic heterocycles. The minimum atomic E-state index is -0.558. The molecule has 0 aromatic rings. The van der Waals surface area contributed by atoms with Crippen molar-refractivity contribution in [2.24, 2.45) is 11.8 Å². The Morgan fingerprint density at radius 3 is 2.74 bits per heavy atom. The first-order valence-electron chi connectivity index (χ1n) is 9.13. The molecule has 2 fully saturated rings. The molecule has 1 saturated carbocycles. The van der Waals surface area contributed by atoms with E-state index in [0.29, 0.717) is 25.5 Å². The molecule has 1 aliphatic heterocycles. The van der Waals surface area contributed by atoms with Gasteiger partial charge in [-0.05, 0) is 37.5 Å². The maximum Gasteiger partial charge on any atom is 0.245 e. The summed E-state index contributed by atoms with van der Waals surface area (Å²) in [6.45, 7) is 9.28. The number of hydrogen-bond acceptors (Lipinski definition) is 3. The van der Waals surface area contributed by atoms with E-state index in [-0.39, 0.29) is 17.7 Å². The zero-order valence-corrected chi connectivity index (χ0v) is 15.1. The van der Waals surface area contributed by atoms with Crippen LogP contribution in [0.3, 0.4) is 0 Å². The predicted molar refractivity (Wildman–Crippen MR) is 89.7 cm³/mol. The van der Waals surface area contributed by atoms with E-state index in [0.717, 1.165) is 25.7 Å². The van der Waals surface area contributed by atoms with Crippen molar-refractivity contribution in [3.8, 4) is 0 Å². The topological polar surface area (TPSA) is 58.6 Å². The second kappa shape index (κ2) is 7.65. The lowest BCUT2D eigenvalue weighted by atomic mass is 9.83. The fourth-order valence-electron chi connectivity index (χ4n) is 3.90. The van der Waals surface area contributed by atoms with Crippen molar-refractivity contribution < 1.29 is 14.3 Å². The number of hydrogen-bond donors (Lipinski definition) is 1. The third kappa shape index (κ3) is 4.06. The van der Waals surface area contributed by atoms with E-state index >= 15 is 0 Å². The second-order valence-corrected chi connectivity index (χ2v) is 7.63. The Balaban J connectivity index is 2.22. The average molecular weight is 324 g/mol. The third-order valence-corrected chi connectivity index (χ3v) is 4.90. The molecule has 1 spiro atoms. The molecule has 2 aliphatic rings. The molecular weight excluding hydrogens is 292 g/mol. The van der Waals surface area contributed by atoms with Crippen LogP contribution in [0.2, 0.25) is 0 Å². The molecule has 0 aromatic carbocycles. The van der Waals surface area contributed by atoms with Gasteiger partial charge in [0.05, 0.1) is 6.61 Å². The van der Waals surface area contributed by atoms with E-state index < -0.39 is 11.8 Å². The average Bonchev–Trinajstić information content (AvgIpc) is 2.82. The summed E-state index contributed by atoms with van der Waals surface area (Å²) in [4.78, 5) is 27.2. The van der Waals surface area contributed by atoms with Crippen molar-refractivity contribution >= 4 is 11.8 Å². The predicted octanol–water partition coefficient (Wildman–Crippen LogP) is 2.69. The zero-order valence-electron chi connectivity index (χ0n) is 15.1. The molecule has 1 N–H and O–H groups in total. The van der Waals surface area contributed by atoms with Gasteiger partial charge in [-0.25, -0.2) is 0 Å². The normalized spacial score (nSPS) is 30.9. The zero-order chi connectivity index (χ0) is 17.0. The molecule has 2 rings (SSSR count). The van der Waals surface area contributed by atoms with Crippen molar-refractivity contribution in [1.29, 1.82) is 0 Å². The molecule has 0 unspecified atom stereocenters. The van der Waals surface area contributed by atoms with E-state index in [9.17, 15) is 9.59 Å². The standard InChI is InChI=1S/C18H32N2O3/c1-5-9-19-17(22)15-12-23-18(8-6-7-14(4)11-18)20(15)16(21)10-13(2)3/h13-15H,5-12H2,1-4H3,(H,19,22)/t14-,15+,18-/m0/s1. The summed E-state index contributed by atoms with van der Waals surface area (Å²) < 4.78 is 6.13. The molecule has 132 valence electrons. The Kier molecular flexibility index (Phi) is 6.06. The van der Waals surface area contributed by atoms with Crippen molar-refractivity contribution in [2.75, 3.05) is 13.2 Å². The highest BCUT2D eigenvalue weighted by atomic mass is 16.5. The summed E-state index contributed by atoms with van der Waals surface area (Å²) >= 11 is 0. The van der Waals surface area contributed by atoms with Gasteiger partial charge < -0.3 is 10.1 Å². The van der Waals surface area contributed by atoms with Crippen LogP contribution in [0.25, 0.3) is 0 Å². The molecular formula is C18H32N2O3. The highest BCUT2D eigenvalue weighted by Gasteiger charge is 2.53. The lowest BCUT2D eigenvalue weighted by Crippen LogP contribution is -2.57. The maximum absolute atomic E-state index is 12.9. The van der Waals surface area contributed by atoms with Crippen LogP contribution in [0.15, 0.2) is 0 Å². The van der Waals surface area contributed by atoms with Crippen LogP contribution in [0, 0.1) is 11.8 Å². The van der Waals surface area contributed by atoms with Gasteiger partial charge in [-0.15, -0.1) is 0 Å². The van der Waals surface area contributed by atoms with Crippen LogP contribution in [0.4, 0.5) is 0 Å². The maximum atomic E-state index is 12.9. The lowest BCUT2D eigenvalue weighted by molar-refractivity contribution is -0.163. The van der Waals surface area contributed by atoms with E-state index in [2.05, 4.69) is 12.2 Å². The molecule has 1 saturated heterocycles. The number of nitrogens with one attached hydrogen (secondary N) is 1. The highest BCUT2D eigenvalue weighted by Crippen LogP contribution is 2.43. The summed E-state index contributed by atoms with van der Waals surface area (Å²) in [5.74, 6) is 0.790. The molecule has 5 heteroatoms. The van der Waals surface area contributed by atoms with E-state index in [1.165, 1.54) is 6.42 Å². The summed E-state index contributed by atoms with van der Waals surface area (Å²) in [5, 5.41) is 2.93. The van der Waals surface area contributed by atoms with Crippen molar-refractivity contribution in [2.45, 2.75) is 78.0 Å². The van der Waals surface area contributed by atoms with Gasteiger partial charge >= 0.3 is 0 Å². The van der Waals surface area contributed by atoms with E-state index in [1.54, 1.807) is 4.90 Å². The quantitative estimate of drug-likeness (QED) is 0.846. The first-order chi connectivity index (χ1) is 10.9. The van der Waals surface area contributed by atoms with Crippen LogP contribution in [-0.4, -0.2) is 41.6 Å². The Labute approximate surface area is 140 Å². The van der Waals surface area contributed by atoms with Crippen molar-refractivity contribution in [3.63, 3.8) is 0 Å². The Hall–Kier alpha value is -1.10. The molecule has 5 nitrogen and oxygen atoms in total. The van der Waals surface area contributed by atoms with Crippen LogP contribution in [0.5, 0.6) is 0 Å². The number of rotatable bonds is 5. The Bertz CT molecular complexity index is 438. The minimum Gasteiger partial charge on any atom is -0.354 e. The summed E-state index contributed by atoms with van der Waals surface area (Å²) in [6, 6.07) is -0.474. The molecule has 0 bridgehead atoms. The number of nitrogens with zero attached hydrogens (tertiary/aromatic N) is 1. The molecule has 23 heavy (non-hydrogen) atoms. The van der Waals surface area contributed by atoms with Gasteiger partial charge in [0.1, 0.15) is 11.8 Å². The fourth-order valence-corrected chi connectivity index (χ4v) is 3.90. The van der Waals surface area contributed by atoms with Gasteiger partial charge in [-0.3, -0.25) is 14.5 Å². The van der Waals surface area contributed by atoms with Gasteiger partial charge in [0, 0.05) is 13.0 Å². The number of amides is 2. The number of carbonyl (C=O) groups excluding carboxylic acids is 2. The highest BCUT2D eigenvalue weighted by molar-refractivity contribution is 5.88. The second-order valence-electron chi connectivity index (χ2n) is 7.63. The lowest BCUT2D eigenvalue weighted by Gasteiger charge is -2.43. The third-order valence-electron chi connectivity index (χ3n) is 4.90. The number of ether oxygens (including phenoxy) is 1. The van der Waals surface area contributed by atoms with Crippen molar-refractivity contribution in [3.05, 3.63) is 0 Å². The van der Waals surface area contributed by atoms with Crippen LogP contribution in [-0.2, 0) is 14.3 Å². The Morgan fingerprint density at radius 2 is 2.13 bits per heavy atom. The van der Waals surface area contributed by atoms with Crippen LogP contribution < -0.4 is 5.32 Å². The summed E-state index contributed by atoms with van der Waals surface area (Å²) in [7, 11) is 0. The minimum absolute atomic E-state index is 0.0586. The molecule has 3 atom stereocenters. The molecule has 1 heterocycles. The molecule has 2 amide bonds. The number of carbonyl (C=O) groups is 2. The SMILES string of the molecule is CCCNC(=O)[C@H]1CO[C@]2(CCC[C@H](C)C2)N1C(=O)CC(C)C. The van der Waals surface area contributed by atoms with E-state index in [1.807, 2.05) is 20.8 Å². The van der Waals surface area contributed by atoms with Gasteiger partial charge in [0.2, 0.25) is 11.8 Å². The van der Waals surface area contributed by atoms with Gasteiger partial charge in [0.15, 0.2) is 0 Å².